The van der Waals surface area contributed by atoms with E-state index in [4.69, 9.17) is 28.7 Å². The van der Waals surface area contributed by atoms with Gasteiger partial charge in [0.2, 0.25) is 0 Å². The number of nitrogens with zero attached hydrogens (tertiary/aromatic N) is 3. The highest BCUT2D eigenvalue weighted by Gasteiger charge is 2.39. The summed E-state index contributed by atoms with van der Waals surface area (Å²) in [4.78, 5) is 23.3. The number of amides is 1. The molecular formula is C53H63N3O7. The number of methoxy groups -OCH3 is 1. The number of phenols is 1. The van der Waals surface area contributed by atoms with Crippen LogP contribution in [0.3, 0.4) is 0 Å². The molecule has 3 aliphatic heterocycles. The fourth-order valence-corrected chi connectivity index (χ4v) is 9.25. The maximum Gasteiger partial charge on any atom is 0.258 e. The Labute approximate surface area is 373 Å². The van der Waals surface area contributed by atoms with Gasteiger partial charge in [0.05, 0.1) is 30.7 Å². The van der Waals surface area contributed by atoms with Gasteiger partial charge in [0.15, 0.2) is 23.0 Å². The number of carbonyl (C=O) groups is 1. The highest BCUT2D eigenvalue weighted by atomic mass is 16.6. The summed E-state index contributed by atoms with van der Waals surface area (Å²) >= 11 is 0. The van der Waals surface area contributed by atoms with Crippen molar-refractivity contribution in [2.45, 2.75) is 137 Å². The number of aromatic nitrogens is 1. The fraction of sp³-hybridized carbons (Fsp3) is 0.434. The number of hydrogen-bond acceptors (Lipinski definition) is 9. The van der Waals surface area contributed by atoms with Gasteiger partial charge in [0.25, 0.3) is 5.91 Å². The Morgan fingerprint density at radius 2 is 1.60 bits per heavy atom. The minimum absolute atomic E-state index is 0.0146. The van der Waals surface area contributed by atoms with Crippen LogP contribution in [0.25, 0.3) is 5.70 Å². The molecule has 0 unspecified atom stereocenters. The molecule has 332 valence electrons. The number of hydrogen-bond donors (Lipinski definition) is 1. The average molecular weight is 854 g/mol. The van der Waals surface area contributed by atoms with Gasteiger partial charge in [-0.25, -0.2) is 0 Å². The van der Waals surface area contributed by atoms with Crippen molar-refractivity contribution < 1.29 is 33.6 Å². The number of carbonyl (C=O) groups excluding carboxylic acids is 1. The Bertz CT molecular complexity index is 2470. The number of benzene rings is 2. The van der Waals surface area contributed by atoms with Crippen LogP contribution in [-0.2, 0) is 24.4 Å². The Balaban J connectivity index is 1.03. The first-order valence-electron chi connectivity index (χ1n) is 22.6. The minimum Gasteiger partial charge on any atom is -0.504 e. The maximum absolute atomic E-state index is 14.1. The van der Waals surface area contributed by atoms with Crippen molar-refractivity contribution in [2.24, 2.45) is 0 Å². The van der Waals surface area contributed by atoms with Crippen molar-refractivity contribution in [3.63, 3.8) is 0 Å². The molecule has 2 aliphatic carbocycles. The molecule has 0 bridgehead atoms. The lowest BCUT2D eigenvalue weighted by Crippen LogP contribution is -2.38. The topological polar surface area (TPSA) is 103 Å². The van der Waals surface area contributed by atoms with E-state index in [1.807, 2.05) is 56.0 Å². The fourth-order valence-electron chi connectivity index (χ4n) is 9.25. The van der Waals surface area contributed by atoms with Gasteiger partial charge in [-0.2, -0.15) is 0 Å². The van der Waals surface area contributed by atoms with E-state index in [1.54, 1.807) is 13.2 Å². The van der Waals surface area contributed by atoms with Gasteiger partial charge in [-0.05, 0) is 152 Å². The largest absolute Gasteiger partial charge is 0.504 e. The Morgan fingerprint density at radius 3 is 2.30 bits per heavy atom. The average Bonchev–Trinajstić information content (AvgIpc) is 3.81. The smallest absolute Gasteiger partial charge is 0.258 e. The van der Waals surface area contributed by atoms with Crippen molar-refractivity contribution in [1.29, 1.82) is 0 Å². The highest BCUT2D eigenvalue weighted by molar-refractivity contribution is 5.99. The highest BCUT2D eigenvalue weighted by Crippen LogP contribution is 2.45. The van der Waals surface area contributed by atoms with Crippen molar-refractivity contribution >= 4 is 11.6 Å². The molecule has 10 nitrogen and oxygen atoms in total. The molecule has 1 aromatic heterocycles. The van der Waals surface area contributed by atoms with Crippen molar-refractivity contribution in [2.75, 3.05) is 13.7 Å². The molecule has 10 heteroatoms. The molecule has 0 radical (unpaired) electrons. The quantitative estimate of drug-likeness (QED) is 0.160. The van der Waals surface area contributed by atoms with Gasteiger partial charge in [0.1, 0.15) is 24.6 Å². The SMILES string of the molecule is C=C(c1cc(O)c(OCc2cc(OC(C)(C)COC(C)(C)CC)cc(COc3cc4c(cc3OC)C(=O)N3C5=C(CCC=C5)C[C@H]3CC4)n2)cc1C)N1C2=C(CCC=C2)C/C1=C/C. The maximum atomic E-state index is 14.1. The molecule has 5 aliphatic rings. The van der Waals surface area contributed by atoms with Crippen LogP contribution in [0.15, 0.2) is 102 Å². The van der Waals surface area contributed by atoms with Crippen LogP contribution >= 0.6 is 0 Å². The van der Waals surface area contributed by atoms with Crippen LogP contribution in [0.5, 0.6) is 28.7 Å². The number of ether oxygens (including phenoxy) is 5. The first-order chi connectivity index (χ1) is 30.2. The minimum atomic E-state index is -0.671. The van der Waals surface area contributed by atoms with E-state index in [2.05, 4.69) is 69.6 Å². The van der Waals surface area contributed by atoms with Crippen molar-refractivity contribution in [3.05, 3.63) is 135 Å². The molecule has 1 amide bonds. The van der Waals surface area contributed by atoms with E-state index in [0.717, 1.165) is 85.9 Å². The summed E-state index contributed by atoms with van der Waals surface area (Å²) in [6.45, 7) is 19.3. The van der Waals surface area contributed by atoms with E-state index in [1.165, 1.54) is 22.5 Å². The lowest BCUT2D eigenvalue weighted by molar-refractivity contribution is -0.0825. The Kier molecular flexibility index (Phi) is 12.4. The molecule has 0 fully saturated rings. The second-order valence-corrected chi connectivity index (χ2v) is 18.6. The summed E-state index contributed by atoms with van der Waals surface area (Å²) in [6, 6.07) is 11.3. The van der Waals surface area contributed by atoms with Gasteiger partial charge < -0.3 is 38.6 Å². The van der Waals surface area contributed by atoms with Crippen LogP contribution < -0.4 is 18.9 Å². The normalized spacial score (nSPS) is 19.0. The number of fused-ring (bicyclic) bond motifs is 3. The zero-order valence-electron chi connectivity index (χ0n) is 38.4. The zero-order chi connectivity index (χ0) is 44.6. The summed E-state index contributed by atoms with van der Waals surface area (Å²) in [6.07, 6.45) is 19.3. The Morgan fingerprint density at radius 1 is 0.905 bits per heavy atom. The second-order valence-electron chi connectivity index (χ2n) is 18.6. The third-order valence-electron chi connectivity index (χ3n) is 13.0. The van der Waals surface area contributed by atoms with Gasteiger partial charge >= 0.3 is 0 Å². The molecule has 1 atom stereocenters. The number of phenolic OH excluding ortho intramolecular Hbond substituents is 1. The van der Waals surface area contributed by atoms with E-state index in [-0.39, 0.29) is 36.5 Å². The van der Waals surface area contributed by atoms with Crippen LogP contribution in [-0.4, -0.2) is 56.8 Å². The summed E-state index contributed by atoms with van der Waals surface area (Å²) in [5.74, 6) is 1.97. The van der Waals surface area contributed by atoms with Crippen molar-refractivity contribution in [1.82, 2.24) is 14.8 Å². The standard InChI is InChI=1S/C53H63N3O7/c1-10-40-23-36-16-12-14-18-45(36)55(40)34(4)43-28-47(57)48(22-33(43)3)60-30-38-26-42(63-53(7,8)32-62-52(5,6)11-2)27-39(54-38)31-61-50-25-35-20-21-41-24-37-17-13-15-19-46(37)56(41)51(58)44(35)29-49(50)59-9/h10,14-15,18-19,22,25-29,41,57H,4,11-13,16-17,20-21,23-24,30-32H2,1-3,5-9H3/b40-10-/t41-/m1/s1. The number of rotatable bonds is 15. The molecule has 3 aromatic rings. The second kappa shape index (κ2) is 17.8. The van der Waals surface area contributed by atoms with Crippen LogP contribution in [0.2, 0.25) is 0 Å². The third kappa shape index (κ3) is 9.19. The van der Waals surface area contributed by atoms with Crippen molar-refractivity contribution in [3.8, 4) is 28.7 Å². The first kappa shape index (κ1) is 43.9. The molecule has 8 rings (SSSR count). The number of pyridine rings is 1. The molecule has 2 aromatic carbocycles. The monoisotopic (exact) mass is 853 g/mol. The van der Waals surface area contributed by atoms with Crippen LogP contribution in [0.1, 0.15) is 131 Å². The molecule has 4 heterocycles. The number of aryl methyl sites for hydroxylation is 2. The number of aromatic hydroxyl groups is 1. The third-order valence-corrected chi connectivity index (χ3v) is 13.0. The van der Waals surface area contributed by atoms with Gasteiger partial charge in [0, 0.05) is 58.5 Å². The molecule has 0 saturated carbocycles. The summed E-state index contributed by atoms with van der Waals surface area (Å²) < 4.78 is 31.5. The van der Waals surface area contributed by atoms with Crippen LogP contribution in [0, 0.1) is 6.92 Å². The van der Waals surface area contributed by atoms with Gasteiger partial charge in [-0.15, -0.1) is 0 Å². The predicted octanol–water partition coefficient (Wildman–Crippen LogP) is 11.6. The first-order valence-corrected chi connectivity index (χ1v) is 22.6. The Hall–Kier alpha value is -5.74. The summed E-state index contributed by atoms with van der Waals surface area (Å²) in [7, 11) is 1.60. The molecular weight excluding hydrogens is 791 g/mol. The molecule has 1 N–H and O–H groups in total. The summed E-state index contributed by atoms with van der Waals surface area (Å²) in [5, 5.41) is 11.4. The lowest BCUT2D eigenvalue weighted by atomic mass is 9.96. The predicted molar refractivity (Wildman–Crippen MR) is 247 cm³/mol. The molecule has 0 spiro atoms. The number of allylic oxidation sites excluding steroid dienone is 6. The zero-order valence-corrected chi connectivity index (χ0v) is 38.4. The van der Waals surface area contributed by atoms with E-state index < -0.39 is 5.60 Å². The lowest BCUT2D eigenvalue weighted by Gasteiger charge is -2.32. The van der Waals surface area contributed by atoms with E-state index >= 15 is 0 Å². The summed E-state index contributed by atoms with van der Waals surface area (Å²) in [5.41, 5.74) is 10.7. The van der Waals surface area contributed by atoms with E-state index in [0.29, 0.717) is 46.6 Å². The van der Waals surface area contributed by atoms with Crippen LogP contribution in [0.4, 0.5) is 0 Å². The molecule has 0 saturated heterocycles. The molecule has 63 heavy (non-hydrogen) atoms. The van der Waals surface area contributed by atoms with Gasteiger partial charge in [-0.1, -0.05) is 31.7 Å². The van der Waals surface area contributed by atoms with E-state index in [9.17, 15) is 9.90 Å². The van der Waals surface area contributed by atoms with Gasteiger partial charge in [-0.3, -0.25) is 9.78 Å².